The Bertz CT molecular complexity index is 1320. The molecule has 0 N–H and O–H groups in total. The number of rotatable bonds is 4. The molecule has 144 valence electrons. The van der Waals surface area contributed by atoms with E-state index in [9.17, 15) is 14.0 Å². The summed E-state index contributed by atoms with van der Waals surface area (Å²) in [6, 6.07) is 12.8. The third-order valence-electron chi connectivity index (χ3n) is 4.12. The zero-order valence-corrected chi connectivity index (χ0v) is 16.0. The van der Waals surface area contributed by atoms with Gasteiger partial charge >= 0.3 is 5.97 Å². The Morgan fingerprint density at radius 3 is 2.41 bits per heavy atom. The lowest BCUT2D eigenvalue weighted by molar-refractivity contribution is 0.0600. The molecule has 2 heterocycles. The number of hydrogen-bond donors (Lipinski definition) is 0. The predicted molar refractivity (Wildman–Crippen MR) is 109 cm³/mol. The molecule has 0 atom stereocenters. The van der Waals surface area contributed by atoms with Crippen molar-refractivity contribution in [2.45, 2.75) is 0 Å². The average molecular weight is 407 g/mol. The monoisotopic (exact) mass is 407 g/mol. The van der Waals surface area contributed by atoms with Gasteiger partial charge in [0.25, 0.3) is 5.56 Å². The quantitative estimate of drug-likeness (QED) is 0.487. The van der Waals surface area contributed by atoms with Crippen LogP contribution in [0.3, 0.4) is 0 Å². The molecular formula is C21H14FN3O3S. The van der Waals surface area contributed by atoms with Crippen molar-refractivity contribution < 1.29 is 13.9 Å². The molecule has 0 saturated carbocycles. The minimum atomic E-state index is -0.416. The SMILES string of the molecule is COC(=O)c1ccc(C=c2sc3nc(C=Cc4ccc(F)cc4)nn3c2=O)cc1. The van der Waals surface area contributed by atoms with Crippen LogP contribution in [-0.4, -0.2) is 27.7 Å². The molecule has 0 amide bonds. The van der Waals surface area contributed by atoms with Crippen molar-refractivity contribution in [1.29, 1.82) is 0 Å². The van der Waals surface area contributed by atoms with Crippen molar-refractivity contribution in [2.24, 2.45) is 0 Å². The number of carbonyl (C=O) groups excluding carboxylic acids is 1. The predicted octanol–water partition coefficient (Wildman–Crippen LogP) is 2.79. The van der Waals surface area contributed by atoms with Gasteiger partial charge in [0.15, 0.2) is 5.82 Å². The molecule has 2 aromatic carbocycles. The minimum Gasteiger partial charge on any atom is -0.465 e. The fraction of sp³-hybridized carbons (Fsp3) is 0.0476. The molecule has 4 aromatic rings. The molecule has 0 radical (unpaired) electrons. The van der Waals surface area contributed by atoms with Crippen LogP contribution in [0.1, 0.15) is 27.3 Å². The summed E-state index contributed by atoms with van der Waals surface area (Å²) in [4.78, 5) is 28.9. The molecule has 6 nitrogen and oxygen atoms in total. The lowest BCUT2D eigenvalue weighted by atomic mass is 10.1. The van der Waals surface area contributed by atoms with Gasteiger partial charge < -0.3 is 4.74 Å². The number of esters is 1. The lowest BCUT2D eigenvalue weighted by Gasteiger charge is -1.98. The highest BCUT2D eigenvalue weighted by molar-refractivity contribution is 7.15. The maximum Gasteiger partial charge on any atom is 0.337 e. The Labute approximate surface area is 168 Å². The summed E-state index contributed by atoms with van der Waals surface area (Å²) < 4.78 is 19.4. The molecule has 8 heteroatoms. The van der Waals surface area contributed by atoms with Crippen LogP contribution in [0.25, 0.3) is 23.2 Å². The first kappa shape index (κ1) is 18.7. The van der Waals surface area contributed by atoms with Crippen LogP contribution in [0.4, 0.5) is 4.39 Å². The maximum absolute atomic E-state index is 12.9. The van der Waals surface area contributed by atoms with Gasteiger partial charge in [0, 0.05) is 0 Å². The standard InChI is InChI=1S/C21H14FN3O3S/c1-28-20(27)15-7-2-14(3-8-15)12-17-19(26)25-21(29-17)23-18(24-25)11-6-13-4-9-16(22)10-5-13/h2-12H,1H3. The molecular weight excluding hydrogens is 393 g/mol. The number of halogens is 1. The number of hydrogen-bond acceptors (Lipinski definition) is 6. The van der Waals surface area contributed by atoms with Crippen LogP contribution in [0, 0.1) is 5.82 Å². The summed E-state index contributed by atoms with van der Waals surface area (Å²) in [5, 5.41) is 4.22. The number of methoxy groups -OCH3 is 1. The number of fused-ring (bicyclic) bond motifs is 1. The van der Waals surface area contributed by atoms with Crippen LogP contribution in [-0.2, 0) is 4.74 Å². The summed E-state index contributed by atoms with van der Waals surface area (Å²) in [6.45, 7) is 0. The van der Waals surface area contributed by atoms with Crippen molar-refractivity contribution in [3.63, 3.8) is 0 Å². The molecule has 0 aliphatic rings. The first-order valence-corrected chi connectivity index (χ1v) is 9.38. The van der Waals surface area contributed by atoms with E-state index in [0.29, 0.717) is 20.9 Å². The van der Waals surface area contributed by atoms with E-state index in [4.69, 9.17) is 0 Å². The van der Waals surface area contributed by atoms with Crippen LogP contribution in [0.2, 0.25) is 0 Å². The third-order valence-corrected chi connectivity index (χ3v) is 5.08. The number of aromatic nitrogens is 3. The normalized spacial score (nSPS) is 12.1. The largest absolute Gasteiger partial charge is 0.465 e. The minimum absolute atomic E-state index is 0.268. The highest BCUT2D eigenvalue weighted by Crippen LogP contribution is 2.10. The molecule has 2 aromatic heterocycles. The summed E-state index contributed by atoms with van der Waals surface area (Å²) >= 11 is 1.22. The first-order valence-electron chi connectivity index (χ1n) is 8.57. The zero-order valence-electron chi connectivity index (χ0n) is 15.2. The summed E-state index contributed by atoms with van der Waals surface area (Å²) in [5.41, 5.74) is 1.75. The van der Waals surface area contributed by atoms with E-state index in [1.54, 1.807) is 54.6 Å². The lowest BCUT2D eigenvalue weighted by Crippen LogP contribution is -2.23. The van der Waals surface area contributed by atoms with Crippen molar-refractivity contribution in [2.75, 3.05) is 7.11 Å². The number of ether oxygens (including phenoxy) is 1. The molecule has 4 rings (SSSR count). The van der Waals surface area contributed by atoms with Gasteiger partial charge in [-0.25, -0.2) is 9.18 Å². The summed E-state index contributed by atoms with van der Waals surface area (Å²) in [7, 11) is 1.32. The Balaban J connectivity index is 1.61. The van der Waals surface area contributed by atoms with Gasteiger partial charge in [0.2, 0.25) is 4.96 Å². The van der Waals surface area contributed by atoms with Crippen molar-refractivity contribution in [3.05, 3.63) is 91.7 Å². The Kier molecular flexibility index (Phi) is 5.01. The molecule has 29 heavy (non-hydrogen) atoms. The smallest absolute Gasteiger partial charge is 0.337 e. The van der Waals surface area contributed by atoms with Crippen molar-refractivity contribution in [1.82, 2.24) is 14.6 Å². The molecule has 0 aliphatic heterocycles. The van der Waals surface area contributed by atoms with Gasteiger partial charge in [-0.1, -0.05) is 41.7 Å². The van der Waals surface area contributed by atoms with E-state index >= 15 is 0 Å². The second-order valence-electron chi connectivity index (χ2n) is 6.08. The number of benzene rings is 2. The second kappa shape index (κ2) is 7.76. The van der Waals surface area contributed by atoms with Crippen LogP contribution in [0.15, 0.2) is 53.3 Å². The molecule has 0 unspecified atom stereocenters. The highest BCUT2D eigenvalue weighted by Gasteiger charge is 2.09. The van der Waals surface area contributed by atoms with Gasteiger partial charge in [-0.05, 0) is 47.5 Å². The van der Waals surface area contributed by atoms with E-state index in [0.717, 1.165) is 11.1 Å². The van der Waals surface area contributed by atoms with E-state index in [1.807, 2.05) is 0 Å². The summed E-state index contributed by atoms with van der Waals surface area (Å²) in [5.74, 6) is -0.324. The average Bonchev–Trinajstić information content (AvgIpc) is 3.26. The molecule has 0 fully saturated rings. The summed E-state index contributed by atoms with van der Waals surface area (Å²) in [6.07, 6.45) is 5.14. The van der Waals surface area contributed by atoms with Crippen molar-refractivity contribution in [3.8, 4) is 0 Å². The molecule has 0 spiro atoms. The van der Waals surface area contributed by atoms with Crippen LogP contribution in [0.5, 0.6) is 0 Å². The van der Waals surface area contributed by atoms with Gasteiger partial charge in [-0.15, -0.1) is 5.10 Å². The van der Waals surface area contributed by atoms with Gasteiger partial charge in [0.1, 0.15) is 5.82 Å². The zero-order chi connectivity index (χ0) is 20.4. The Hall–Kier alpha value is -3.65. The highest BCUT2D eigenvalue weighted by atomic mass is 32.1. The van der Waals surface area contributed by atoms with E-state index in [2.05, 4.69) is 14.8 Å². The second-order valence-corrected chi connectivity index (χ2v) is 7.09. The van der Waals surface area contributed by atoms with E-state index in [1.165, 1.54) is 35.1 Å². The number of thiazole rings is 1. The number of nitrogens with zero attached hydrogens (tertiary/aromatic N) is 3. The number of carbonyl (C=O) groups is 1. The Morgan fingerprint density at radius 1 is 1.07 bits per heavy atom. The fourth-order valence-corrected chi connectivity index (χ4v) is 3.56. The first-order chi connectivity index (χ1) is 14.0. The molecule has 0 aliphatic carbocycles. The topological polar surface area (TPSA) is 73.6 Å². The van der Waals surface area contributed by atoms with Gasteiger partial charge in [-0.3, -0.25) is 4.79 Å². The van der Waals surface area contributed by atoms with Crippen molar-refractivity contribution >= 4 is 40.5 Å². The van der Waals surface area contributed by atoms with Gasteiger partial charge in [-0.2, -0.15) is 9.50 Å². The van der Waals surface area contributed by atoms with E-state index < -0.39 is 5.97 Å². The van der Waals surface area contributed by atoms with Crippen LogP contribution >= 0.6 is 11.3 Å². The third kappa shape index (κ3) is 3.97. The van der Waals surface area contributed by atoms with Gasteiger partial charge in [0.05, 0.1) is 17.2 Å². The fourth-order valence-electron chi connectivity index (χ4n) is 2.65. The Morgan fingerprint density at radius 2 is 1.76 bits per heavy atom. The van der Waals surface area contributed by atoms with Crippen LogP contribution < -0.4 is 10.1 Å². The van der Waals surface area contributed by atoms with E-state index in [-0.39, 0.29) is 11.4 Å². The maximum atomic E-state index is 12.9. The molecule has 0 saturated heterocycles. The molecule has 0 bridgehead atoms.